The fourth-order valence-electron chi connectivity index (χ4n) is 1.64. The number of hydrogen-bond acceptors (Lipinski definition) is 4. The molecule has 0 aliphatic carbocycles. The van der Waals surface area contributed by atoms with Crippen LogP contribution in [0, 0.1) is 0 Å². The zero-order valence-corrected chi connectivity index (χ0v) is 9.43. The third-order valence-corrected chi connectivity index (χ3v) is 2.36. The first-order valence-electron chi connectivity index (χ1n) is 5.12. The smallest absolute Gasteiger partial charge is 0.410 e. The summed E-state index contributed by atoms with van der Waals surface area (Å²) in [6, 6.07) is -0.422. The zero-order chi connectivity index (χ0) is 11.6. The van der Waals surface area contributed by atoms with E-state index in [1.54, 1.807) is 20.8 Å². The highest BCUT2D eigenvalue weighted by molar-refractivity contribution is 5.70. The van der Waals surface area contributed by atoms with Crippen molar-refractivity contribution in [2.75, 3.05) is 13.2 Å². The van der Waals surface area contributed by atoms with E-state index < -0.39 is 11.7 Å². The maximum absolute atomic E-state index is 11.7. The van der Waals surface area contributed by atoms with Gasteiger partial charge in [-0.1, -0.05) is 0 Å². The molecule has 1 aliphatic heterocycles. The molecule has 1 saturated heterocycles. The van der Waals surface area contributed by atoms with Crippen molar-refractivity contribution in [3.8, 4) is 0 Å². The molecule has 1 amide bonds. The van der Waals surface area contributed by atoms with Crippen LogP contribution in [-0.4, -0.2) is 52.1 Å². The summed E-state index contributed by atoms with van der Waals surface area (Å²) in [6.07, 6.45) is 0.165. The molecule has 0 aromatic carbocycles. The van der Waals surface area contributed by atoms with E-state index in [0.29, 0.717) is 6.42 Å². The molecule has 0 unspecified atom stereocenters. The molecule has 1 aliphatic rings. The second kappa shape index (κ2) is 4.37. The predicted molar refractivity (Wildman–Crippen MR) is 54.4 cm³/mol. The van der Waals surface area contributed by atoms with Crippen molar-refractivity contribution in [2.45, 2.75) is 44.9 Å². The fourth-order valence-corrected chi connectivity index (χ4v) is 1.64. The Labute approximate surface area is 89.6 Å². The number of carbonyl (C=O) groups excluding carboxylic acids is 1. The summed E-state index contributed by atoms with van der Waals surface area (Å²) in [5, 5.41) is 18.0. The summed E-state index contributed by atoms with van der Waals surface area (Å²) in [6.45, 7) is 5.18. The Balaban J connectivity index is 2.56. The number of ether oxygens (including phenoxy) is 1. The lowest BCUT2D eigenvalue weighted by Crippen LogP contribution is -2.62. The van der Waals surface area contributed by atoms with E-state index in [0.717, 1.165) is 0 Å². The fraction of sp³-hybridized carbons (Fsp3) is 0.900. The number of rotatable bonds is 2. The highest BCUT2D eigenvalue weighted by atomic mass is 16.6. The third kappa shape index (κ3) is 2.82. The normalized spacial score (nSPS) is 26.1. The van der Waals surface area contributed by atoms with Crippen molar-refractivity contribution in [2.24, 2.45) is 0 Å². The number of hydrogen-bond donors (Lipinski definition) is 2. The molecular formula is C10H19NO4. The largest absolute Gasteiger partial charge is 0.444 e. The first-order chi connectivity index (χ1) is 6.89. The monoisotopic (exact) mass is 217 g/mol. The molecule has 0 bridgehead atoms. The summed E-state index contributed by atoms with van der Waals surface area (Å²) >= 11 is 0. The van der Waals surface area contributed by atoms with E-state index in [9.17, 15) is 4.79 Å². The summed E-state index contributed by atoms with van der Waals surface area (Å²) in [5.74, 6) is 0. The maximum atomic E-state index is 11.7. The molecule has 0 aromatic rings. The Morgan fingerprint density at radius 1 is 1.33 bits per heavy atom. The summed E-state index contributed by atoms with van der Waals surface area (Å²) < 4.78 is 5.17. The van der Waals surface area contributed by atoms with Crippen LogP contribution in [0.3, 0.4) is 0 Å². The molecular weight excluding hydrogens is 198 g/mol. The van der Waals surface area contributed by atoms with Crippen LogP contribution in [0.25, 0.3) is 0 Å². The Morgan fingerprint density at radius 3 is 2.13 bits per heavy atom. The van der Waals surface area contributed by atoms with E-state index in [2.05, 4.69) is 0 Å². The second-order valence-electron chi connectivity index (χ2n) is 4.80. The van der Waals surface area contributed by atoms with Gasteiger partial charge >= 0.3 is 6.09 Å². The van der Waals surface area contributed by atoms with Crippen LogP contribution < -0.4 is 0 Å². The van der Waals surface area contributed by atoms with Gasteiger partial charge in [0.2, 0.25) is 0 Å². The van der Waals surface area contributed by atoms with Gasteiger partial charge in [-0.2, -0.15) is 0 Å². The molecule has 0 aromatic heterocycles. The van der Waals surface area contributed by atoms with E-state index in [1.807, 2.05) is 0 Å². The van der Waals surface area contributed by atoms with E-state index in [1.165, 1.54) is 4.90 Å². The number of amides is 1. The number of aliphatic hydroxyl groups is 2. The van der Waals surface area contributed by atoms with Gasteiger partial charge in [-0.05, 0) is 27.2 Å². The molecule has 1 heterocycles. The highest BCUT2D eigenvalue weighted by Crippen LogP contribution is 2.27. The van der Waals surface area contributed by atoms with Crippen LogP contribution >= 0.6 is 0 Å². The summed E-state index contributed by atoms with van der Waals surface area (Å²) in [5.41, 5.74) is -0.549. The molecule has 0 radical (unpaired) electrons. The molecule has 0 saturated carbocycles. The molecule has 1 rings (SSSR count). The topological polar surface area (TPSA) is 70.0 Å². The van der Waals surface area contributed by atoms with Gasteiger partial charge in [0.1, 0.15) is 5.60 Å². The van der Waals surface area contributed by atoms with Gasteiger partial charge < -0.3 is 14.9 Å². The molecule has 0 spiro atoms. The van der Waals surface area contributed by atoms with Gasteiger partial charge in [0.05, 0.1) is 25.3 Å². The van der Waals surface area contributed by atoms with Crippen LogP contribution in [0.2, 0.25) is 0 Å². The average molecular weight is 217 g/mol. The van der Waals surface area contributed by atoms with Crippen molar-refractivity contribution in [1.82, 2.24) is 4.90 Å². The lowest BCUT2D eigenvalue weighted by Gasteiger charge is -2.46. The van der Waals surface area contributed by atoms with Crippen LogP contribution in [-0.2, 0) is 4.74 Å². The van der Waals surface area contributed by atoms with Gasteiger partial charge in [0.25, 0.3) is 0 Å². The zero-order valence-electron chi connectivity index (χ0n) is 9.43. The molecule has 88 valence electrons. The standard InChI is InChI=1S/C10H19NO4/c1-10(2,3)15-9(14)11-7(5-12)4-8(11)6-13/h7-8,12-13H,4-6H2,1-3H3/t7-,8-/m0/s1. The van der Waals surface area contributed by atoms with Gasteiger partial charge in [-0.15, -0.1) is 0 Å². The van der Waals surface area contributed by atoms with E-state index in [-0.39, 0.29) is 25.3 Å². The predicted octanol–water partition coefficient (Wildman–Crippen LogP) is 0.349. The molecule has 15 heavy (non-hydrogen) atoms. The second-order valence-corrected chi connectivity index (χ2v) is 4.80. The molecule has 2 atom stereocenters. The van der Waals surface area contributed by atoms with Crippen molar-refractivity contribution in [1.29, 1.82) is 0 Å². The number of aliphatic hydroxyl groups excluding tert-OH is 2. The van der Waals surface area contributed by atoms with Crippen LogP contribution in [0.5, 0.6) is 0 Å². The van der Waals surface area contributed by atoms with Gasteiger partial charge in [-0.25, -0.2) is 4.79 Å². The maximum Gasteiger partial charge on any atom is 0.410 e. The molecule has 2 N–H and O–H groups in total. The Morgan fingerprint density at radius 2 is 1.80 bits per heavy atom. The minimum atomic E-state index is -0.549. The Hall–Kier alpha value is -0.810. The third-order valence-electron chi connectivity index (χ3n) is 2.36. The number of nitrogens with zero attached hydrogens (tertiary/aromatic N) is 1. The molecule has 1 fully saturated rings. The first-order valence-corrected chi connectivity index (χ1v) is 5.12. The SMILES string of the molecule is CC(C)(C)OC(=O)N1[C@H](CO)C[C@H]1CO. The van der Waals surface area contributed by atoms with Crippen molar-refractivity contribution >= 4 is 6.09 Å². The summed E-state index contributed by atoms with van der Waals surface area (Å²) in [7, 11) is 0. The van der Waals surface area contributed by atoms with Crippen molar-refractivity contribution < 1.29 is 19.7 Å². The van der Waals surface area contributed by atoms with Crippen LogP contribution in [0.1, 0.15) is 27.2 Å². The van der Waals surface area contributed by atoms with Gasteiger partial charge in [0, 0.05) is 0 Å². The van der Waals surface area contributed by atoms with Crippen molar-refractivity contribution in [3.63, 3.8) is 0 Å². The van der Waals surface area contributed by atoms with Gasteiger partial charge in [-0.3, -0.25) is 4.90 Å². The average Bonchev–Trinajstić information content (AvgIpc) is 1.99. The lowest BCUT2D eigenvalue weighted by atomic mass is 9.95. The number of carbonyl (C=O) groups is 1. The number of likely N-dealkylation sites (tertiary alicyclic amines) is 1. The Bertz CT molecular complexity index is 226. The minimum Gasteiger partial charge on any atom is -0.444 e. The first kappa shape index (κ1) is 12.3. The lowest BCUT2D eigenvalue weighted by molar-refractivity contribution is -0.0584. The molecule has 5 nitrogen and oxygen atoms in total. The molecule has 5 heteroatoms. The van der Waals surface area contributed by atoms with Crippen LogP contribution in [0.4, 0.5) is 4.79 Å². The highest BCUT2D eigenvalue weighted by Gasteiger charge is 2.42. The quantitative estimate of drug-likeness (QED) is 0.700. The minimum absolute atomic E-state index is 0.0876. The van der Waals surface area contributed by atoms with Crippen LogP contribution in [0.15, 0.2) is 0 Å². The van der Waals surface area contributed by atoms with E-state index >= 15 is 0 Å². The van der Waals surface area contributed by atoms with E-state index in [4.69, 9.17) is 14.9 Å². The van der Waals surface area contributed by atoms with Gasteiger partial charge in [0.15, 0.2) is 0 Å². The van der Waals surface area contributed by atoms with Crippen molar-refractivity contribution in [3.05, 3.63) is 0 Å². The Kier molecular flexibility index (Phi) is 3.57. The summed E-state index contributed by atoms with van der Waals surface area (Å²) in [4.78, 5) is 13.1.